The van der Waals surface area contributed by atoms with Crippen LogP contribution < -0.4 is 11.1 Å². The Balaban J connectivity index is 2.63. The van der Waals surface area contributed by atoms with Gasteiger partial charge in [-0.25, -0.2) is 9.97 Å². The third-order valence-corrected chi connectivity index (χ3v) is 2.30. The first-order valence-electron chi connectivity index (χ1n) is 4.57. The van der Waals surface area contributed by atoms with E-state index in [9.17, 15) is 0 Å². The van der Waals surface area contributed by atoms with Gasteiger partial charge in [0.15, 0.2) is 0 Å². The normalized spacial score (nSPS) is 10.8. The van der Waals surface area contributed by atoms with E-state index in [2.05, 4.69) is 15.3 Å². The number of nitrogens with two attached hydrogens (primary N) is 1. The number of nitrogens with zero attached hydrogens (tertiary/aromatic N) is 2. The van der Waals surface area contributed by atoms with Crippen LogP contribution in [-0.2, 0) is 6.54 Å². The SMILES string of the molecule is CNCc1nc(N)c2ccc(Cl)cc2n1. The highest BCUT2D eigenvalue weighted by Gasteiger charge is 2.04. The van der Waals surface area contributed by atoms with E-state index in [4.69, 9.17) is 17.3 Å². The Morgan fingerprint density at radius 2 is 2.20 bits per heavy atom. The molecule has 4 nitrogen and oxygen atoms in total. The van der Waals surface area contributed by atoms with Crippen LogP contribution in [0.15, 0.2) is 18.2 Å². The lowest BCUT2D eigenvalue weighted by Crippen LogP contribution is -2.10. The summed E-state index contributed by atoms with van der Waals surface area (Å²) >= 11 is 5.88. The smallest absolute Gasteiger partial charge is 0.145 e. The Bertz CT molecular complexity index is 498. The zero-order valence-electron chi connectivity index (χ0n) is 8.29. The number of fused-ring (bicyclic) bond motifs is 1. The van der Waals surface area contributed by atoms with Crippen molar-refractivity contribution >= 4 is 28.3 Å². The Morgan fingerprint density at radius 1 is 1.40 bits per heavy atom. The average Bonchev–Trinajstić information content (AvgIpc) is 2.17. The second kappa shape index (κ2) is 4.00. The van der Waals surface area contributed by atoms with Gasteiger partial charge in [-0.3, -0.25) is 0 Å². The van der Waals surface area contributed by atoms with Gasteiger partial charge < -0.3 is 11.1 Å². The molecule has 15 heavy (non-hydrogen) atoms. The topological polar surface area (TPSA) is 63.8 Å². The van der Waals surface area contributed by atoms with Gasteiger partial charge in [0.25, 0.3) is 0 Å². The molecule has 0 radical (unpaired) electrons. The third kappa shape index (κ3) is 2.00. The maximum absolute atomic E-state index is 5.88. The van der Waals surface area contributed by atoms with E-state index in [-0.39, 0.29) is 0 Å². The molecule has 0 aliphatic rings. The number of rotatable bonds is 2. The Kier molecular flexibility index (Phi) is 2.70. The van der Waals surface area contributed by atoms with Gasteiger partial charge in [-0.05, 0) is 25.2 Å². The van der Waals surface area contributed by atoms with Crippen molar-refractivity contribution in [1.29, 1.82) is 0 Å². The summed E-state index contributed by atoms with van der Waals surface area (Å²) in [5.41, 5.74) is 6.59. The second-order valence-electron chi connectivity index (χ2n) is 3.22. The van der Waals surface area contributed by atoms with Gasteiger partial charge in [0.05, 0.1) is 12.1 Å². The Morgan fingerprint density at radius 3 is 2.93 bits per heavy atom. The maximum atomic E-state index is 5.88. The number of aromatic nitrogens is 2. The summed E-state index contributed by atoms with van der Waals surface area (Å²) in [5.74, 6) is 1.16. The van der Waals surface area contributed by atoms with Crippen LogP contribution >= 0.6 is 11.6 Å². The first kappa shape index (κ1) is 10.1. The summed E-state index contributed by atoms with van der Waals surface area (Å²) in [6.45, 7) is 0.590. The highest BCUT2D eigenvalue weighted by Crippen LogP contribution is 2.21. The molecular formula is C10H11ClN4. The molecule has 0 bridgehead atoms. The molecule has 3 N–H and O–H groups in total. The molecule has 1 aromatic carbocycles. The number of nitrogen functional groups attached to an aromatic ring is 1. The minimum absolute atomic E-state index is 0.488. The fourth-order valence-corrected chi connectivity index (χ4v) is 1.58. The van der Waals surface area contributed by atoms with Crippen molar-refractivity contribution in [3.63, 3.8) is 0 Å². The van der Waals surface area contributed by atoms with Crippen LogP contribution in [0, 0.1) is 0 Å². The van der Waals surface area contributed by atoms with Crippen LogP contribution in [-0.4, -0.2) is 17.0 Å². The van der Waals surface area contributed by atoms with Crippen molar-refractivity contribution in [2.24, 2.45) is 0 Å². The molecule has 0 saturated carbocycles. The summed E-state index contributed by atoms with van der Waals surface area (Å²) in [4.78, 5) is 8.53. The van der Waals surface area contributed by atoms with Gasteiger partial charge >= 0.3 is 0 Å². The van der Waals surface area contributed by atoms with Gasteiger partial charge in [0.2, 0.25) is 0 Å². The molecule has 0 fully saturated rings. The number of nitrogens with one attached hydrogen (secondary N) is 1. The molecule has 0 atom stereocenters. The summed E-state index contributed by atoms with van der Waals surface area (Å²) in [6.07, 6.45) is 0. The van der Waals surface area contributed by atoms with Crippen molar-refractivity contribution in [3.8, 4) is 0 Å². The average molecular weight is 223 g/mol. The third-order valence-electron chi connectivity index (χ3n) is 2.07. The van der Waals surface area contributed by atoms with Gasteiger partial charge in [0.1, 0.15) is 11.6 Å². The maximum Gasteiger partial charge on any atom is 0.145 e. The van der Waals surface area contributed by atoms with E-state index in [1.54, 1.807) is 12.1 Å². The minimum atomic E-state index is 0.488. The zero-order valence-corrected chi connectivity index (χ0v) is 9.04. The standard InChI is InChI=1S/C10H11ClN4/c1-13-5-9-14-8-4-6(11)2-3-7(8)10(12)15-9/h2-4,13H,5H2,1H3,(H2,12,14,15). The number of halogens is 1. The van der Waals surface area contributed by atoms with Crippen molar-refractivity contribution in [2.45, 2.75) is 6.54 Å². The summed E-state index contributed by atoms with van der Waals surface area (Å²) in [7, 11) is 1.84. The van der Waals surface area contributed by atoms with E-state index < -0.39 is 0 Å². The van der Waals surface area contributed by atoms with Crippen LogP contribution in [0.25, 0.3) is 10.9 Å². The fourth-order valence-electron chi connectivity index (χ4n) is 1.41. The monoisotopic (exact) mass is 222 g/mol. The molecule has 5 heteroatoms. The Labute approximate surface area is 92.5 Å². The van der Waals surface area contributed by atoms with Crippen molar-refractivity contribution in [1.82, 2.24) is 15.3 Å². The van der Waals surface area contributed by atoms with E-state index in [0.29, 0.717) is 23.2 Å². The van der Waals surface area contributed by atoms with Gasteiger partial charge in [-0.1, -0.05) is 11.6 Å². The van der Waals surface area contributed by atoms with Gasteiger partial charge in [-0.15, -0.1) is 0 Å². The molecular weight excluding hydrogens is 212 g/mol. The molecule has 0 saturated heterocycles. The number of benzene rings is 1. The Hall–Kier alpha value is -1.39. The molecule has 1 heterocycles. The van der Waals surface area contributed by atoms with E-state index in [1.807, 2.05) is 13.1 Å². The van der Waals surface area contributed by atoms with Crippen LogP contribution in [0.5, 0.6) is 0 Å². The number of hydrogen-bond acceptors (Lipinski definition) is 4. The highest BCUT2D eigenvalue weighted by atomic mass is 35.5. The lowest BCUT2D eigenvalue weighted by atomic mass is 10.2. The van der Waals surface area contributed by atoms with Crippen molar-refractivity contribution in [3.05, 3.63) is 29.0 Å². The second-order valence-corrected chi connectivity index (χ2v) is 3.65. The molecule has 0 unspecified atom stereocenters. The summed E-state index contributed by atoms with van der Waals surface area (Å²) < 4.78 is 0. The predicted molar refractivity (Wildman–Crippen MR) is 61.7 cm³/mol. The van der Waals surface area contributed by atoms with E-state index in [1.165, 1.54) is 0 Å². The van der Waals surface area contributed by atoms with E-state index >= 15 is 0 Å². The van der Waals surface area contributed by atoms with Crippen molar-refractivity contribution in [2.75, 3.05) is 12.8 Å². The summed E-state index contributed by atoms with van der Waals surface area (Å²) in [6, 6.07) is 5.39. The lowest BCUT2D eigenvalue weighted by molar-refractivity contribution is 0.766. The van der Waals surface area contributed by atoms with Crippen LogP contribution in [0.4, 0.5) is 5.82 Å². The van der Waals surface area contributed by atoms with Crippen LogP contribution in [0.1, 0.15) is 5.82 Å². The largest absolute Gasteiger partial charge is 0.383 e. The van der Waals surface area contributed by atoms with Gasteiger partial charge in [-0.2, -0.15) is 0 Å². The molecule has 2 aromatic rings. The fraction of sp³-hybridized carbons (Fsp3) is 0.200. The highest BCUT2D eigenvalue weighted by molar-refractivity contribution is 6.31. The molecule has 0 aliphatic carbocycles. The molecule has 0 amide bonds. The zero-order chi connectivity index (χ0) is 10.8. The minimum Gasteiger partial charge on any atom is -0.383 e. The molecule has 78 valence electrons. The first-order valence-corrected chi connectivity index (χ1v) is 4.95. The molecule has 2 rings (SSSR count). The molecule has 0 aliphatic heterocycles. The first-order chi connectivity index (χ1) is 7.20. The molecule has 0 spiro atoms. The molecule has 1 aromatic heterocycles. The van der Waals surface area contributed by atoms with E-state index in [0.717, 1.165) is 10.9 Å². The predicted octanol–water partition coefficient (Wildman–Crippen LogP) is 1.58. The number of anilines is 1. The summed E-state index contributed by atoms with van der Waals surface area (Å²) in [5, 5.41) is 4.46. The van der Waals surface area contributed by atoms with Crippen LogP contribution in [0.3, 0.4) is 0 Å². The lowest BCUT2D eigenvalue weighted by Gasteiger charge is -2.04. The quantitative estimate of drug-likeness (QED) is 0.810. The van der Waals surface area contributed by atoms with Crippen LogP contribution in [0.2, 0.25) is 5.02 Å². The number of hydrogen-bond donors (Lipinski definition) is 2. The van der Waals surface area contributed by atoms with Crippen molar-refractivity contribution < 1.29 is 0 Å². The van der Waals surface area contributed by atoms with Gasteiger partial charge in [0, 0.05) is 10.4 Å².